The number of halogens is 1. The number of hydrogen-bond acceptors (Lipinski definition) is 1. The average molecular weight is 236 g/mol. The molecule has 0 fully saturated rings. The second-order valence-corrected chi connectivity index (χ2v) is 5.86. The first-order chi connectivity index (χ1) is 7.71. The van der Waals surface area contributed by atoms with Gasteiger partial charge in [-0.1, -0.05) is 27.7 Å². The van der Waals surface area contributed by atoms with Crippen LogP contribution in [0.25, 0.3) is 0 Å². The molecule has 2 heteroatoms. The predicted molar refractivity (Wildman–Crippen MR) is 68.7 cm³/mol. The minimum absolute atomic E-state index is 0.0931. The first-order valence-corrected chi connectivity index (χ1v) is 6.01. The summed E-state index contributed by atoms with van der Waals surface area (Å²) in [6.45, 7) is 10.1. The molecule has 0 amide bonds. The molecule has 0 spiro atoms. The van der Waals surface area contributed by atoms with Crippen LogP contribution in [0.4, 0.5) is 4.39 Å². The van der Waals surface area contributed by atoms with Crippen LogP contribution in [-0.2, 0) is 0 Å². The molecule has 0 saturated heterocycles. The van der Waals surface area contributed by atoms with Crippen LogP contribution < -0.4 is 0 Å². The molecule has 0 bridgehead atoms. The molecule has 0 radical (unpaired) electrons. The molecule has 94 valence electrons. The molecular formula is C15H21FO. The van der Waals surface area contributed by atoms with Crippen LogP contribution >= 0.6 is 0 Å². The fourth-order valence-electron chi connectivity index (χ4n) is 1.52. The van der Waals surface area contributed by atoms with Crippen molar-refractivity contribution in [1.29, 1.82) is 0 Å². The summed E-state index contributed by atoms with van der Waals surface area (Å²) in [7, 11) is 0. The van der Waals surface area contributed by atoms with Gasteiger partial charge in [0, 0.05) is 12.0 Å². The Morgan fingerprint density at radius 3 is 2.41 bits per heavy atom. The van der Waals surface area contributed by atoms with E-state index in [4.69, 9.17) is 0 Å². The number of benzene rings is 1. The molecule has 1 aromatic rings. The van der Waals surface area contributed by atoms with Crippen molar-refractivity contribution in [2.75, 3.05) is 0 Å². The summed E-state index contributed by atoms with van der Waals surface area (Å²) < 4.78 is 13.1. The Bertz CT molecular complexity index is 415. The monoisotopic (exact) mass is 236 g/mol. The summed E-state index contributed by atoms with van der Waals surface area (Å²) in [5.74, 6) is 0.140. The standard InChI is InChI=1S/C15H21FO/c1-10-8-12(6-7-13(10)16)14(17)9-11(2)15(3,4)5/h6-8,11H,9H2,1-5H3. The zero-order valence-electron chi connectivity index (χ0n) is 11.3. The Kier molecular flexibility index (Phi) is 4.07. The highest BCUT2D eigenvalue weighted by atomic mass is 19.1. The third-order valence-electron chi connectivity index (χ3n) is 3.45. The largest absolute Gasteiger partial charge is 0.294 e. The Morgan fingerprint density at radius 1 is 1.35 bits per heavy atom. The Labute approximate surface area is 103 Å². The van der Waals surface area contributed by atoms with E-state index in [1.165, 1.54) is 6.07 Å². The highest BCUT2D eigenvalue weighted by Gasteiger charge is 2.23. The number of carbonyl (C=O) groups is 1. The van der Waals surface area contributed by atoms with E-state index < -0.39 is 0 Å². The first kappa shape index (κ1) is 13.9. The van der Waals surface area contributed by atoms with Crippen molar-refractivity contribution in [1.82, 2.24) is 0 Å². The van der Waals surface area contributed by atoms with Gasteiger partial charge in [-0.15, -0.1) is 0 Å². The smallest absolute Gasteiger partial charge is 0.163 e. The summed E-state index contributed by atoms with van der Waals surface area (Å²) in [6.07, 6.45) is 0.509. The molecular weight excluding hydrogens is 215 g/mol. The summed E-state index contributed by atoms with van der Waals surface area (Å²) in [4.78, 5) is 12.0. The van der Waals surface area contributed by atoms with Crippen molar-refractivity contribution in [3.8, 4) is 0 Å². The molecule has 0 aromatic heterocycles. The summed E-state index contributed by atoms with van der Waals surface area (Å²) in [5.41, 5.74) is 1.25. The number of rotatable bonds is 3. The van der Waals surface area contributed by atoms with E-state index in [1.54, 1.807) is 19.1 Å². The summed E-state index contributed by atoms with van der Waals surface area (Å²) in [5, 5.41) is 0. The van der Waals surface area contributed by atoms with Crippen LogP contribution in [0, 0.1) is 24.1 Å². The molecule has 0 aliphatic carbocycles. The van der Waals surface area contributed by atoms with Gasteiger partial charge in [0.15, 0.2) is 5.78 Å². The van der Waals surface area contributed by atoms with Gasteiger partial charge in [-0.2, -0.15) is 0 Å². The molecule has 0 aliphatic rings. The normalized spacial score (nSPS) is 13.5. The van der Waals surface area contributed by atoms with Gasteiger partial charge in [-0.25, -0.2) is 4.39 Å². The number of carbonyl (C=O) groups excluding carboxylic acids is 1. The fourth-order valence-corrected chi connectivity index (χ4v) is 1.52. The van der Waals surface area contributed by atoms with Gasteiger partial charge in [-0.3, -0.25) is 4.79 Å². The van der Waals surface area contributed by atoms with Crippen molar-refractivity contribution in [2.45, 2.75) is 41.0 Å². The molecule has 0 heterocycles. The van der Waals surface area contributed by atoms with Gasteiger partial charge in [0.05, 0.1) is 0 Å². The van der Waals surface area contributed by atoms with E-state index in [0.29, 0.717) is 23.5 Å². The number of Topliss-reactive ketones (excluding diaryl/α,β-unsaturated/α-hetero) is 1. The molecule has 0 saturated carbocycles. The maximum absolute atomic E-state index is 13.1. The van der Waals surface area contributed by atoms with Crippen LogP contribution in [0.1, 0.15) is 50.0 Å². The van der Waals surface area contributed by atoms with Crippen molar-refractivity contribution in [3.05, 3.63) is 35.1 Å². The lowest BCUT2D eigenvalue weighted by molar-refractivity contribution is 0.0927. The Balaban J connectivity index is 2.80. The highest BCUT2D eigenvalue weighted by molar-refractivity contribution is 5.96. The predicted octanol–water partition coefficient (Wildman–Crippen LogP) is 4.39. The lowest BCUT2D eigenvalue weighted by Gasteiger charge is -2.26. The summed E-state index contributed by atoms with van der Waals surface area (Å²) >= 11 is 0. The lowest BCUT2D eigenvalue weighted by Crippen LogP contribution is -2.20. The second-order valence-electron chi connectivity index (χ2n) is 5.86. The minimum Gasteiger partial charge on any atom is -0.294 e. The van der Waals surface area contributed by atoms with Crippen LogP contribution in [0.15, 0.2) is 18.2 Å². The van der Waals surface area contributed by atoms with Crippen molar-refractivity contribution >= 4 is 5.78 Å². The van der Waals surface area contributed by atoms with Gasteiger partial charge in [0.2, 0.25) is 0 Å². The van der Waals surface area contributed by atoms with Gasteiger partial charge >= 0.3 is 0 Å². The molecule has 0 N–H and O–H groups in total. The van der Waals surface area contributed by atoms with Crippen molar-refractivity contribution < 1.29 is 9.18 Å². The van der Waals surface area contributed by atoms with Crippen molar-refractivity contribution in [3.63, 3.8) is 0 Å². The molecule has 0 aliphatic heterocycles. The maximum Gasteiger partial charge on any atom is 0.163 e. The molecule has 1 atom stereocenters. The number of ketones is 1. The average Bonchev–Trinajstić information content (AvgIpc) is 2.20. The Morgan fingerprint density at radius 2 is 1.94 bits per heavy atom. The van der Waals surface area contributed by atoms with Gasteiger partial charge in [-0.05, 0) is 42.0 Å². The molecule has 1 aromatic carbocycles. The van der Waals surface area contributed by atoms with E-state index >= 15 is 0 Å². The fraction of sp³-hybridized carbons (Fsp3) is 0.533. The van der Waals surface area contributed by atoms with Crippen molar-refractivity contribution in [2.24, 2.45) is 11.3 Å². The van der Waals surface area contributed by atoms with E-state index in [2.05, 4.69) is 27.7 Å². The summed E-state index contributed by atoms with van der Waals surface area (Å²) in [6, 6.07) is 4.57. The van der Waals surface area contributed by atoms with E-state index in [9.17, 15) is 9.18 Å². The maximum atomic E-state index is 13.1. The van der Waals surface area contributed by atoms with E-state index in [0.717, 1.165) is 0 Å². The molecule has 1 rings (SSSR count). The third-order valence-corrected chi connectivity index (χ3v) is 3.45. The number of aryl methyl sites for hydroxylation is 1. The highest BCUT2D eigenvalue weighted by Crippen LogP contribution is 2.29. The minimum atomic E-state index is -0.259. The molecule has 17 heavy (non-hydrogen) atoms. The quantitative estimate of drug-likeness (QED) is 0.711. The SMILES string of the molecule is Cc1cc(C(=O)CC(C)C(C)(C)C)ccc1F. The molecule has 1 unspecified atom stereocenters. The Hall–Kier alpha value is -1.18. The van der Waals surface area contributed by atoms with Gasteiger partial charge in [0.25, 0.3) is 0 Å². The van der Waals surface area contributed by atoms with E-state index in [1.807, 2.05) is 0 Å². The van der Waals surface area contributed by atoms with Crippen LogP contribution in [0.2, 0.25) is 0 Å². The zero-order chi connectivity index (χ0) is 13.2. The van der Waals surface area contributed by atoms with E-state index in [-0.39, 0.29) is 17.0 Å². The van der Waals surface area contributed by atoms with Gasteiger partial charge in [0.1, 0.15) is 5.82 Å². The second kappa shape index (κ2) is 4.99. The third kappa shape index (κ3) is 3.65. The topological polar surface area (TPSA) is 17.1 Å². The van der Waals surface area contributed by atoms with Crippen LogP contribution in [-0.4, -0.2) is 5.78 Å². The lowest BCUT2D eigenvalue weighted by atomic mass is 9.78. The zero-order valence-corrected chi connectivity index (χ0v) is 11.3. The number of hydrogen-bond donors (Lipinski definition) is 0. The first-order valence-electron chi connectivity index (χ1n) is 6.01. The van der Waals surface area contributed by atoms with Crippen LogP contribution in [0.5, 0.6) is 0 Å². The van der Waals surface area contributed by atoms with Crippen LogP contribution in [0.3, 0.4) is 0 Å². The van der Waals surface area contributed by atoms with Gasteiger partial charge < -0.3 is 0 Å². The molecule has 1 nitrogen and oxygen atoms in total.